The SMILES string of the molecule is COCCNCc1cnc(Sc2nnnn2C)c(C)c1. The number of rotatable bonds is 7. The number of aryl methyl sites for hydroxylation is 2. The average Bonchev–Trinajstić information content (AvgIpc) is 2.83. The number of nitrogens with zero attached hydrogens (tertiary/aromatic N) is 5. The average molecular weight is 294 g/mol. The maximum atomic E-state index is 4.99. The number of ether oxygens (including phenoxy) is 1. The van der Waals surface area contributed by atoms with Gasteiger partial charge in [-0.25, -0.2) is 9.67 Å². The molecule has 2 aromatic rings. The monoisotopic (exact) mass is 294 g/mol. The predicted molar refractivity (Wildman–Crippen MR) is 75.5 cm³/mol. The van der Waals surface area contributed by atoms with Crippen LogP contribution in [0, 0.1) is 6.92 Å². The number of nitrogens with one attached hydrogen (secondary N) is 1. The summed E-state index contributed by atoms with van der Waals surface area (Å²) in [5.74, 6) is 0. The summed E-state index contributed by atoms with van der Waals surface area (Å²) in [6, 6.07) is 2.12. The number of pyridine rings is 1. The molecule has 0 amide bonds. The smallest absolute Gasteiger partial charge is 0.215 e. The number of hydrogen-bond acceptors (Lipinski definition) is 7. The van der Waals surface area contributed by atoms with Crippen molar-refractivity contribution in [1.82, 2.24) is 30.5 Å². The van der Waals surface area contributed by atoms with Crippen molar-refractivity contribution in [2.75, 3.05) is 20.3 Å². The highest BCUT2D eigenvalue weighted by Gasteiger charge is 2.09. The van der Waals surface area contributed by atoms with Gasteiger partial charge in [0, 0.05) is 33.4 Å². The molecule has 0 aliphatic rings. The van der Waals surface area contributed by atoms with Gasteiger partial charge in [0.1, 0.15) is 5.03 Å². The minimum absolute atomic E-state index is 0.708. The van der Waals surface area contributed by atoms with E-state index in [1.807, 2.05) is 20.2 Å². The zero-order valence-electron chi connectivity index (χ0n) is 11.8. The summed E-state index contributed by atoms with van der Waals surface area (Å²) in [5.41, 5.74) is 2.27. The van der Waals surface area contributed by atoms with E-state index in [0.29, 0.717) is 6.61 Å². The molecule has 2 heterocycles. The molecule has 7 nitrogen and oxygen atoms in total. The lowest BCUT2D eigenvalue weighted by molar-refractivity contribution is 0.199. The van der Waals surface area contributed by atoms with E-state index in [1.165, 1.54) is 11.8 Å². The van der Waals surface area contributed by atoms with Gasteiger partial charge >= 0.3 is 0 Å². The van der Waals surface area contributed by atoms with E-state index < -0.39 is 0 Å². The Labute approximate surface area is 122 Å². The molecule has 0 saturated heterocycles. The summed E-state index contributed by atoms with van der Waals surface area (Å²) in [6.07, 6.45) is 1.87. The van der Waals surface area contributed by atoms with E-state index >= 15 is 0 Å². The predicted octanol–water partition coefficient (Wildman–Crippen LogP) is 0.801. The first-order chi connectivity index (χ1) is 9.70. The molecule has 2 rings (SSSR count). The largest absolute Gasteiger partial charge is 0.383 e. The fourth-order valence-electron chi connectivity index (χ4n) is 1.63. The Balaban J connectivity index is 1.97. The van der Waals surface area contributed by atoms with Gasteiger partial charge in [-0.05, 0) is 40.2 Å². The first kappa shape index (κ1) is 14.9. The molecular formula is C12H18N6OS. The Bertz CT molecular complexity index is 559. The molecule has 8 heteroatoms. The van der Waals surface area contributed by atoms with Crippen LogP contribution >= 0.6 is 11.8 Å². The maximum Gasteiger partial charge on any atom is 0.215 e. The zero-order valence-corrected chi connectivity index (χ0v) is 12.6. The summed E-state index contributed by atoms with van der Waals surface area (Å²) >= 11 is 1.46. The van der Waals surface area contributed by atoms with E-state index in [9.17, 15) is 0 Å². The van der Waals surface area contributed by atoms with Crippen LogP contribution in [0.5, 0.6) is 0 Å². The van der Waals surface area contributed by atoms with Crippen molar-refractivity contribution in [3.63, 3.8) is 0 Å². The molecule has 0 spiro atoms. The lowest BCUT2D eigenvalue weighted by Gasteiger charge is -2.07. The Morgan fingerprint density at radius 3 is 2.95 bits per heavy atom. The Kier molecular flexibility index (Phi) is 5.45. The highest BCUT2D eigenvalue weighted by molar-refractivity contribution is 7.99. The van der Waals surface area contributed by atoms with Crippen LogP contribution in [0.3, 0.4) is 0 Å². The van der Waals surface area contributed by atoms with Crippen LogP contribution in [0.4, 0.5) is 0 Å². The van der Waals surface area contributed by atoms with Gasteiger partial charge in [0.2, 0.25) is 5.16 Å². The molecule has 0 aromatic carbocycles. The van der Waals surface area contributed by atoms with Gasteiger partial charge < -0.3 is 10.1 Å². The van der Waals surface area contributed by atoms with Crippen molar-refractivity contribution in [3.05, 3.63) is 23.4 Å². The minimum atomic E-state index is 0.708. The third-order valence-corrected chi connectivity index (χ3v) is 3.82. The quantitative estimate of drug-likeness (QED) is 0.757. The van der Waals surface area contributed by atoms with Gasteiger partial charge in [0.25, 0.3) is 0 Å². The van der Waals surface area contributed by atoms with Gasteiger partial charge in [-0.15, -0.1) is 5.10 Å². The molecule has 0 unspecified atom stereocenters. The van der Waals surface area contributed by atoms with Gasteiger partial charge in [-0.3, -0.25) is 0 Å². The number of tetrazole rings is 1. The number of hydrogen-bond donors (Lipinski definition) is 1. The molecule has 0 aliphatic heterocycles. The van der Waals surface area contributed by atoms with E-state index in [1.54, 1.807) is 11.8 Å². The van der Waals surface area contributed by atoms with Crippen LogP contribution in [0.2, 0.25) is 0 Å². The van der Waals surface area contributed by atoms with Crippen LogP contribution < -0.4 is 5.32 Å². The third kappa shape index (κ3) is 3.99. The topological polar surface area (TPSA) is 77.8 Å². The summed E-state index contributed by atoms with van der Waals surface area (Å²) in [6.45, 7) is 4.36. The first-order valence-electron chi connectivity index (χ1n) is 6.26. The van der Waals surface area contributed by atoms with Gasteiger partial charge in [0.05, 0.1) is 6.61 Å². The Hall–Kier alpha value is -1.51. The van der Waals surface area contributed by atoms with Gasteiger partial charge in [-0.2, -0.15) is 0 Å². The third-order valence-electron chi connectivity index (χ3n) is 2.67. The van der Waals surface area contributed by atoms with Crippen LogP contribution in [0.25, 0.3) is 0 Å². The molecule has 108 valence electrons. The van der Waals surface area contributed by atoms with Crippen molar-refractivity contribution in [2.24, 2.45) is 7.05 Å². The Morgan fingerprint density at radius 1 is 1.45 bits per heavy atom. The fourth-order valence-corrected chi connectivity index (χ4v) is 2.37. The standard InChI is InChI=1S/C12H18N6OS/c1-9-6-10(7-13-4-5-19-3)8-14-11(9)20-12-15-16-17-18(12)2/h6,8,13H,4-5,7H2,1-3H3. The van der Waals surface area contributed by atoms with Crippen LogP contribution in [0.15, 0.2) is 22.4 Å². The summed E-state index contributed by atoms with van der Waals surface area (Å²) in [7, 11) is 3.51. The molecule has 0 radical (unpaired) electrons. The number of methoxy groups -OCH3 is 1. The molecular weight excluding hydrogens is 276 g/mol. The van der Waals surface area contributed by atoms with Crippen LogP contribution in [0.1, 0.15) is 11.1 Å². The van der Waals surface area contributed by atoms with E-state index in [0.717, 1.165) is 34.4 Å². The first-order valence-corrected chi connectivity index (χ1v) is 7.07. The van der Waals surface area contributed by atoms with E-state index in [2.05, 4.69) is 31.9 Å². The maximum absolute atomic E-state index is 4.99. The highest BCUT2D eigenvalue weighted by Crippen LogP contribution is 2.26. The summed E-state index contributed by atoms with van der Waals surface area (Å²) in [5, 5.41) is 16.3. The molecule has 0 atom stereocenters. The second kappa shape index (κ2) is 7.32. The second-order valence-corrected chi connectivity index (χ2v) is 5.28. The lowest BCUT2D eigenvalue weighted by atomic mass is 10.2. The zero-order chi connectivity index (χ0) is 14.4. The van der Waals surface area contributed by atoms with Crippen LogP contribution in [-0.4, -0.2) is 45.5 Å². The minimum Gasteiger partial charge on any atom is -0.383 e. The summed E-state index contributed by atoms with van der Waals surface area (Å²) < 4.78 is 6.62. The molecule has 0 fully saturated rings. The molecule has 0 bridgehead atoms. The fraction of sp³-hybridized carbons (Fsp3) is 0.500. The molecule has 2 aromatic heterocycles. The molecule has 0 aliphatic carbocycles. The van der Waals surface area contributed by atoms with E-state index in [4.69, 9.17) is 4.74 Å². The normalized spacial score (nSPS) is 10.9. The van der Waals surface area contributed by atoms with Crippen molar-refractivity contribution in [3.8, 4) is 0 Å². The van der Waals surface area contributed by atoms with Crippen molar-refractivity contribution < 1.29 is 4.74 Å². The van der Waals surface area contributed by atoms with Gasteiger partial charge in [0.15, 0.2) is 0 Å². The second-order valence-electron chi connectivity index (χ2n) is 4.32. The van der Waals surface area contributed by atoms with Crippen molar-refractivity contribution in [1.29, 1.82) is 0 Å². The molecule has 20 heavy (non-hydrogen) atoms. The Morgan fingerprint density at radius 2 is 2.30 bits per heavy atom. The van der Waals surface area contributed by atoms with Crippen molar-refractivity contribution >= 4 is 11.8 Å². The van der Waals surface area contributed by atoms with Crippen LogP contribution in [-0.2, 0) is 18.3 Å². The highest BCUT2D eigenvalue weighted by atomic mass is 32.2. The lowest BCUT2D eigenvalue weighted by Crippen LogP contribution is -2.18. The molecule has 0 saturated carbocycles. The summed E-state index contributed by atoms with van der Waals surface area (Å²) in [4.78, 5) is 4.48. The van der Waals surface area contributed by atoms with Gasteiger partial charge in [-0.1, -0.05) is 6.07 Å². The molecule has 1 N–H and O–H groups in total. The number of aromatic nitrogens is 5. The van der Waals surface area contributed by atoms with Crippen molar-refractivity contribution in [2.45, 2.75) is 23.7 Å². The van der Waals surface area contributed by atoms with E-state index in [-0.39, 0.29) is 0 Å².